The number of halogens is 3. The highest BCUT2D eigenvalue weighted by atomic mass is 19.2. The van der Waals surface area contributed by atoms with Crippen LogP contribution in [0.4, 0.5) is 13.2 Å². The molecule has 0 saturated heterocycles. The average Bonchev–Trinajstić information content (AvgIpc) is 2.57. The lowest BCUT2D eigenvalue weighted by atomic mass is 10.0. The van der Waals surface area contributed by atoms with Crippen molar-refractivity contribution < 1.29 is 13.2 Å². The van der Waals surface area contributed by atoms with Gasteiger partial charge in [-0.05, 0) is 31.2 Å². The molecule has 2 rings (SSSR count). The van der Waals surface area contributed by atoms with Crippen LogP contribution in [-0.4, -0.2) is 6.04 Å². The molecule has 0 spiro atoms. The van der Waals surface area contributed by atoms with Gasteiger partial charge in [0, 0.05) is 24.2 Å². The molecule has 1 N–H and O–H groups in total. The van der Waals surface area contributed by atoms with Gasteiger partial charge < -0.3 is 5.32 Å². The van der Waals surface area contributed by atoms with E-state index in [4.69, 9.17) is 0 Å². The summed E-state index contributed by atoms with van der Waals surface area (Å²) in [5.74, 6) is -2.07. The Labute approximate surface area is 112 Å². The Morgan fingerprint density at radius 2 is 1.74 bits per heavy atom. The zero-order valence-corrected chi connectivity index (χ0v) is 11.2. The lowest BCUT2D eigenvalue weighted by Gasteiger charge is -2.16. The second-order valence-corrected chi connectivity index (χ2v) is 5.55. The van der Waals surface area contributed by atoms with Gasteiger partial charge in [-0.2, -0.15) is 0 Å². The van der Waals surface area contributed by atoms with E-state index >= 15 is 0 Å². The summed E-state index contributed by atoms with van der Waals surface area (Å²) in [7, 11) is 0. The van der Waals surface area contributed by atoms with Gasteiger partial charge in [-0.25, -0.2) is 13.2 Å². The number of hydrogen-bond donors (Lipinski definition) is 1. The Morgan fingerprint density at radius 3 is 2.53 bits per heavy atom. The van der Waals surface area contributed by atoms with E-state index in [1.165, 1.54) is 12.8 Å². The minimum absolute atomic E-state index is 0.191. The van der Waals surface area contributed by atoms with E-state index in [0.717, 1.165) is 31.2 Å². The third-order valence-electron chi connectivity index (χ3n) is 3.93. The average molecular weight is 271 g/mol. The molecule has 19 heavy (non-hydrogen) atoms. The first-order chi connectivity index (χ1) is 9.06. The predicted octanol–water partition coefficient (Wildman–Crippen LogP) is 4.16. The van der Waals surface area contributed by atoms with Gasteiger partial charge in [0.15, 0.2) is 11.6 Å². The summed E-state index contributed by atoms with van der Waals surface area (Å²) in [5, 5.41) is 3.26. The maximum atomic E-state index is 13.5. The molecule has 1 aliphatic carbocycles. The molecule has 0 aliphatic heterocycles. The van der Waals surface area contributed by atoms with Crippen LogP contribution in [0.15, 0.2) is 12.1 Å². The standard InChI is InChI=1S/C15H20F3N/c1-10-3-2-4-12(6-5-10)19-9-11-7-14(17)15(18)8-13(11)16/h7-8,10,12,19H,2-6,9H2,1H3. The monoisotopic (exact) mass is 271 g/mol. The largest absolute Gasteiger partial charge is 0.310 e. The zero-order valence-electron chi connectivity index (χ0n) is 11.2. The van der Waals surface area contributed by atoms with E-state index in [1.807, 2.05) is 0 Å². The van der Waals surface area contributed by atoms with Crippen molar-refractivity contribution >= 4 is 0 Å². The van der Waals surface area contributed by atoms with Crippen molar-refractivity contribution in [3.05, 3.63) is 35.1 Å². The summed E-state index contributed by atoms with van der Waals surface area (Å²) in [5.41, 5.74) is 0.191. The minimum atomic E-state index is -1.13. The third kappa shape index (κ3) is 3.96. The number of rotatable bonds is 3. The van der Waals surface area contributed by atoms with E-state index in [0.29, 0.717) is 12.1 Å². The summed E-state index contributed by atoms with van der Waals surface area (Å²) >= 11 is 0. The molecule has 106 valence electrons. The molecule has 0 heterocycles. The summed E-state index contributed by atoms with van der Waals surface area (Å²) in [6.45, 7) is 2.50. The second-order valence-electron chi connectivity index (χ2n) is 5.55. The SMILES string of the molecule is CC1CCCC(NCc2cc(F)c(F)cc2F)CC1. The Balaban J connectivity index is 1.93. The van der Waals surface area contributed by atoms with E-state index in [-0.39, 0.29) is 12.1 Å². The van der Waals surface area contributed by atoms with Crippen LogP contribution in [-0.2, 0) is 6.54 Å². The van der Waals surface area contributed by atoms with Gasteiger partial charge >= 0.3 is 0 Å². The first kappa shape index (κ1) is 14.4. The van der Waals surface area contributed by atoms with Gasteiger partial charge in [0.1, 0.15) is 5.82 Å². The Morgan fingerprint density at radius 1 is 1.00 bits per heavy atom. The first-order valence-electron chi connectivity index (χ1n) is 6.93. The van der Waals surface area contributed by atoms with Crippen molar-refractivity contribution in [3.8, 4) is 0 Å². The molecule has 1 aromatic carbocycles. The fraction of sp³-hybridized carbons (Fsp3) is 0.600. The normalized spacial score (nSPS) is 24.2. The molecule has 1 aliphatic rings. The molecule has 0 bridgehead atoms. The molecule has 1 saturated carbocycles. The summed E-state index contributed by atoms with van der Waals surface area (Å²) < 4.78 is 39.4. The molecule has 4 heteroatoms. The van der Waals surface area contributed by atoms with Crippen molar-refractivity contribution in [2.75, 3.05) is 0 Å². The van der Waals surface area contributed by atoms with Gasteiger partial charge in [0.25, 0.3) is 0 Å². The Hall–Kier alpha value is -1.03. The highest BCUT2D eigenvalue weighted by Crippen LogP contribution is 2.23. The van der Waals surface area contributed by atoms with Crippen molar-refractivity contribution in [3.63, 3.8) is 0 Å². The van der Waals surface area contributed by atoms with Crippen molar-refractivity contribution in [2.24, 2.45) is 5.92 Å². The van der Waals surface area contributed by atoms with Crippen LogP contribution >= 0.6 is 0 Å². The van der Waals surface area contributed by atoms with E-state index in [9.17, 15) is 13.2 Å². The Bertz CT molecular complexity index is 434. The number of nitrogens with one attached hydrogen (secondary N) is 1. The molecule has 2 atom stereocenters. The maximum Gasteiger partial charge on any atom is 0.161 e. The van der Waals surface area contributed by atoms with Crippen LogP contribution in [0.1, 0.15) is 44.6 Å². The number of hydrogen-bond acceptors (Lipinski definition) is 1. The topological polar surface area (TPSA) is 12.0 Å². The van der Waals surface area contributed by atoms with E-state index in [1.54, 1.807) is 0 Å². The van der Waals surface area contributed by atoms with Gasteiger partial charge in [-0.3, -0.25) is 0 Å². The highest BCUT2D eigenvalue weighted by molar-refractivity contribution is 5.20. The van der Waals surface area contributed by atoms with Crippen LogP contribution in [0, 0.1) is 23.4 Å². The second kappa shape index (κ2) is 6.42. The van der Waals surface area contributed by atoms with Crippen molar-refractivity contribution in [1.82, 2.24) is 5.32 Å². The smallest absolute Gasteiger partial charge is 0.161 e. The lowest BCUT2D eigenvalue weighted by Crippen LogP contribution is -2.28. The zero-order chi connectivity index (χ0) is 13.8. The van der Waals surface area contributed by atoms with Crippen LogP contribution in [0.25, 0.3) is 0 Å². The number of benzene rings is 1. The molecule has 1 nitrogen and oxygen atoms in total. The fourth-order valence-corrected chi connectivity index (χ4v) is 2.64. The predicted molar refractivity (Wildman–Crippen MR) is 69.2 cm³/mol. The third-order valence-corrected chi connectivity index (χ3v) is 3.93. The molecule has 1 fully saturated rings. The Kier molecular flexibility index (Phi) is 4.86. The quantitative estimate of drug-likeness (QED) is 0.643. The molecule has 0 radical (unpaired) electrons. The van der Waals surface area contributed by atoms with Crippen molar-refractivity contribution in [1.29, 1.82) is 0 Å². The molecule has 0 aromatic heterocycles. The summed E-state index contributed by atoms with van der Waals surface area (Å²) in [4.78, 5) is 0. The first-order valence-corrected chi connectivity index (χ1v) is 6.93. The van der Waals surface area contributed by atoms with Crippen LogP contribution in [0.2, 0.25) is 0 Å². The summed E-state index contributed by atoms with van der Waals surface area (Å²) in [6, 6.07) is 1.90. The van der Waals surface area contributed by atoms with Crippen LogP contribution < -0.4 is 5.32 Å². The van der Waals surface area contributed by atoms with Gasteiger partial charge in [-0.1, -0.05) is 19.8 Å². The van der Waals surface area contributed by atoms with Gasteiger partial charge in [-0.15, -0.1) is 0 Å². The lowest BCUT2D eigenvalue weighted by molar-refractivity contribution is 0.437. The fourth-order valence-electron chi connectivity index (χ4n) is 2.64. The molecule has 1 aromatic rings. The minimum Gasteiger partial charge on any atom is -0.310 e. The van der Waals surface area contributed by atoms with Crippen LogP contribution in [0.5, 0.6) is 0 Å². The molecule has 0 amide bonds. The highest BCUT2D eigenvalue weighted by Gasteiger charge is 2.16. The summed E-state index contributed by atoms with van der Waals surface area (Å²) in [6.07, 6.45) is 5.69. The molecule has 2 unspecified atom stereocenters. The molecular weight excluding hydrogens is 251 g/mol. The van der Waals surface area contributed by atoms with E-state index < -0.39 is 17.5 Å². The van der Waals surface area contributed by atoms with Crippen LogP contribution in [0.3, 0.4) is 0 Å². The van der Waals surface area contributed by atoms with Crippen molar-refractivity contribution in [2.45, 2.75) is 51.6 Å². The maximum absolute atomic E-state index is 13.5. The molecular formula is C15H20F3N. The van der Waals surface area contributed by atoms with E-state index in [2.05, 4.69) is 12.2 Å². The van der Waals surface area contributed by atoms with Gasteiger partial charge in [0.05, 0.1) is 0 Å². The van der Waals surface area contributed by atoms with Gasteiger partial charge in [0.2, 0.25) is 0 Å².